The normalized spacial score (nSPS) is 10.4. The quantitative estimate of drug-likeness (QED) is 0.857. The van der Waals surface area contributed by atoms with E-state index in [0.29, 0.717) is 32.3 Å². The molecule has 0 saturated heterocycles. The molecule has 5 nitrogen and oxygen atoms in total. The molecule has 1 amide bonds. The summed E-state index contributed by atoms with van der Waals surface area (Å²) < 4.78 is 5.55. The first-order valence-corrected chi connectivity index (χ1v) is 6.21. The molecular formula is C11H9BrClN3O2. The molecule has 0 aliphatic heterocycles. The number of hydrogen-bond donors (Lipinski definition) is 1. The van der Waals surface area contributed by atoms with Crippen molar-refractivity contribution in [2.45, 2.75) is 13.8 Å². The largest absolute Gasteiger partial charge is 0.361 e. The van der Waals surface area contributed by atoms with Gasteiger partial charge in [-0.2, -0.15) is 0 Å². The van der Waals surface area contributed by atoms with Gasteiger partial charge in [-0.25, -0.2) is 4.98 Å². The zero-order chi connectivity index (χ0) is 13.3. The summed E-state index contributed by atoms with van der Waals surface area (Å²) in [5, 5.41) is 6.77. The lowest BCUT2D eigenvalue weighted by Gasteiger charge is -2.05. The SMILES string of the molecule is Cc1noc(C)c1C(=O)Nc1cnc(Cl)c(Br)c1. The number of rotatable bonds is 2. The van der Waals surface area contributed by atoms with Gasteiger partial charge in [0.05, 0.1) is 22.1 Å². The number of aryl methyl sites for hydroxylation is 2. The molecule has 18 heavy (non-hydrogen) atoms. The molecule has 2 rings (SSSR count). The molecule has 7 heteroatoms. The predicted octanol–water partition coefficient (Wildman–Crippen LogP) is 3.35. The smallest absolute Gasteiger partial charge is 0.261 e. The van der Waals surface area contributed by atoms with E-state index >= 15 is 0 Å². The molecule has 0 atom stereocenters. The molecular weight excluding hydrogens is 321 g/mol. The monoisotopic (exact) mass is 329 g/mol. The molecule has 0 spiro atoms. The Morgan fingerprint density at radius 1 is 1.50 bits per heavy atom. The van der Waals surface area contributed by atoms with Gasteiger partial charge in [0, 0.05) is 0 Å². The van der Waals surface area contributed by atoms with Crippen LogP contribution < -0.4 is 5.32 Å². The van der Waals surface area contributed by atoms with E-state index in [-0.39, 0.29) is 5.91 Å². The number of anilines is 1. The van der Waals surface area contributed by atoms with Gasteiger partial charge in [0.2, 0.25) is 0 Å². The van der Waals surface area contributed by atoms with E-state index in [4.69, 9.17) is 16.1 Å². The van der Waals surface area contributed by atoms with E-state index in [9.17, 15) is 4.79 Å². The third-order valence-electron chi connectivity index (χ3n) is 2.31. The molecule has 2 heterocycles. The Labute approximate surface area is 117 Å². The fourth-order valence-corrected chi connectivity index (χ4v) is 1.94. The molecule has 0 aliphatic rings. The fraction of sp³-hybridized carbons (Fsp3) is 0.182. The number of hydrogen-bond acceptors (Lipinski definition) is 4. The average Bonchev–Trinajstić information content (AvgIpc) is 2.64. The van der Waals surface area contributed by atoms with Gasteiger partial charge >= 0.3 is 0 Å². The minimum Gasteiger partial charge on any atom is -0.361 e. The average molecular weight is 331 g/mol. The third kappa shape index (κ3) is 2.54. The van der Waals surface area contributed by atoms with Crippen molar-refractivity contribution < 1.29 is 9.32 Å². The van der Waals surface area contributed by atoms with Crippen LogP contribution in [0.3, 0.4) is 0 Å². The number of amides is 1. The van der Waals surface area contributed by atoms with Crippen LogP contribution in [0.5, 0.6) is 0 Å². The highest BCUT2D eigenvalue weighted by molar-refractivity contribution is 9.10. The van der Waals surface area contributed by atoms with Crippen molar-refractivity contribution in [2.24, 2.45) is 0 Å². The van der Waals surface area contributed by atoms with Gasteiger partial charge < -0.3 is 9.84 Å². The third-order valence-corrected chi connectivity index (χ3v) is 3.45. The zero-order valence-electron chi connectivity index (χ0n) is 9.62. The first-order chi connectivity index (χ1) is 8.49. The van der Waals surface area contributed by atoms with E-state index in [1.54, 1.807) is 19.9 Å². The number of nitrogens with zero attached hydrogens (tertiary/aromatic N) is 2. The zero-order valence-corrected chi connectivity index (χ0v) is 12.0. The fourth-order valence-electron chi connectivity index (χ4n) is 1.49. The van der Waals surface area contributed by atoms with E-state index in [0.717, 1.165) is 0 Å². The van der Waals surface area contributed by atoms with Gasteiger partial charge in [-0.15, -0.1) is 0 Å². The minimum absolute atomic E-state index is 0.290. The van der Waals surface area contributed by atoms with Crippen molar-refractivity contribution in [3.63, 3.8) is 0 Å². The van der Waals surface area contributed by atoms with Crippen LogP contribution in [0.2, 0.25) is 5.15 Å². The van der Waals surface area contributed by atoms with Crippen LogP contribution in [0, 0.1) is 13.8 Å². The van der Waals surface area contributed by atoms with Crippen LogP contribution in [0.4, 0.5) is 5.69 Å². The summed E-state index contributed by atoms with van der Waals surface area (Å²) in [6.45, 7) is 3.40. The van der Waals surface area contributed by atoms with Crippen molar-refractivity contribution in [3.05, 3.63) is 38.9 Å². The standard InChI is InChI=1S/C11H9BrClN3O2/c1-5-9(6(2)18-16-5)11(17)15-7-3-8(12)10(13)14-4-7/h3-4H,1-2H3,(H,15,17). The van der Waals surface area contributed by atoms with Crippen molar-refractivity contribution in [1.82, 2.24) is 10.1 Å². The van der Waals surface area contributed by atoms with Crippen LogP contribution in [0.15, 0.2) is 21.3 Å². The van der Waals surface area contributed by atoms with Crippen LogP contribution in [-0.4, -0.2) is 16.0 Å². The maximum absolute atomic E-state index is 12.0. The second-order valence-electron chi connectivity index (χ2n) is 3.65. The van der Waals surface area contributed by atoms with Crippen LogP contribution in [0.1, 0.15) is 21.8 Å². The Hall–Kier alpha value is -1.40. The van der Waals surface area contributed by atoms with Crippen LogP contribution >= 0.6 is 27.5 Å². The van der Waals surface area contributed by atoms with Crippen molar-refractivity contribution >= 4 is 39.1 Å². The molecule has 2 aromatic rings. The number of halogens is 2. The van der Waals surface area contributed by atoms with Gasteiger partial charge in [0.25, 0.3) is 5.91 Å². The summed E-state index contributed by atoms with van der Waals surface area (Å²) in [5.41, 5.74) is 1.52. The van der Waals surface area contributed by atoms with Gasteiger partial charge in [-0.1, -0.05) is 16.8 Å². The highest BCUT2D eigenvalue weighted by atomic mass is 79.9. The summed E-state index contributed by atoms with van der Waals surface area (Å²) in [6, 6.07) is 1.67. The first kappa shape index (κ1) is 13.0. The molecule has 94 valence electrons. The maximum Gasteiger partial charge on any atom is 0.261 e. The number of pyridine rings is 1. The van der Waals surface area contributed by atoms with E-state index in [1.807, 2.05) is 0 Å². The Morgan fingerprint density at radius 2 is 2.22 bits per heavy atom. The number of carbonyl (C=O) groups is 1. The van der Waals surface area contributed by atoms with E-state index < -0.39 is 0 Å². The Bertz CT molecular complexity index is 593. The number of carbonyl (C=O) groups excluding carboxylic acids is 1. The highest BCUT2D eigenvalue weighted by Crippen LogP contribution is 2.23. The van der Waals surface area contributed by atoms with Crippen molar-refractivity contribution in [1.29, 1.82) is 0 Å². The molecule has 0 saturated carbocycles. The van der Waals surface area contributed by atoms with Gasteiger partial charge in [-0.3, -0.25) is 4.79 Å². The lowest BCUT2D eigenvalue weighted by Crippen LogP contribution is -2.13. The molecule has 0 fully saturated rings. The summed E-state index contributed by atoms with van der Waals surface area (Å²) in [4.78, 5) is 15.9. The van der Waals surface area contributed by atoms with E-state index in [1.165, 1.54) is 6.20 Å². The highest BCUT2D eigenvalue weighted by Gasteiger charge is 2.17. The molecule has 0 unspecified atom stereocenters. The Morgan fingerprint density at radius 3 is 2.78 bits per heavy atom. The molecule has 0 aliphatic carbocycles. The Kier molecular flexibility index (Phi) is 3.68. The Balaban J connectivity index is 2.24. The second kappa shape index (κ2) is 5.07. The van der Waals surface area contributed by atoms with Crippen LogP contribution in [0.25, 0.3) is 0 Å². The molecule has 0 radical (unpaired) electrons. The van der Waals surface area contributed by atoms with Gasteiger partial charge in [0.15, 0.2) is 0 Å². The predicted molar refractivity (Wildman–Crippen MR) is 70.9 cm³/mol. The van der Waals surface area contributed by atoms with Crippen molar-refractivity contribution in [2.75, 3.05) is 5.32 Å². The molecule has 0 aromatic carbocycles. The lowest BCUT2D eigenvalue weighted by atomic mass is 10.2. The molecule has 2 aromatic heterocycles. The second-order valence-corrected chi connectivity index (χ2v) is 4.86. The lowest BCUT2D eigenvalue weighted by molar-refractivity contribution is 0.102. The minimum atomic E-state index is -0.290. The van der Waals surface area contributed by atoms with Crippen molar-refractivity contribution in [3.8, 4) is 0 Å². The topological polar surface area (TPSA) is 68.0 Å². The maximum atomic E-state index is 12.0. The molecule has 1 N–H and O–H groups in total. The number of aromatic nitrogens is 2. The van der Waals surface area contributed by atoms with Gasteiger partial charge in [-0.05, 0) is 35.8 Å². The van der Waals surface area contributed by atoms with Crippen LogP contribution in [-0.2, 0) is 0 Å². The molecule has 0 bridgehead atoms. The first-order valence-electron chi connectivity index (χ1n) is 5.04. The summed E-state index contributed by atoms with van der Waals surface area (Å²) >= 11 is 9.01. The summed E-state index contributed by atoms with van der Waals surface area (Å²) in [5.74, 6) is 0.188. The number of nitrogens with one attached hydrogen (secondary N) is 1. The van der Waals surface area contributed by atoms with E-state index in [2.05, 4.69) is 31.4 Å². The van der Waals surface area contributed by atoms with Gasteiger partial charge in [0.1, 0.15) is 16.5 Å². The summed E-state index contributed by atoms with van der Waals surface area (Å²) in [6.07, 6.45) is 1.48. The summed E-state index contributed by atoms with van der Waals surface area (Å²) in [7, 11) is 0.